The maximum atomic E-state index is 2.98. The quantitative estimate of drug-likeness (QED) is 0.150. The first-order valence-electron chi connectivity index (χ1n) is 26.5. The molecular formula is C69H54N2. The van der Waals surface area contributed by atoms with Crippen LogP contribution in [0, 0.1) is 0 Å². The maximum Gasteiger partial charge on any atom is 0.0714 e. The van der Waals surface area contributed by atoms with Crippen molar-refractivity contribution in [1.82, 2.24) is 0 Å². The lowest BCUT2D eigenvalue weighted by Gasteiger charge is -2.51. The molecule has 0 bridgehead atoms. The second-order valence-electron chi connectivity index (χ2n) is 25.1. The van der Waals surface area contributed by atoms with Crippen molar-refractivity contribution >= 4 is 22.1 Å². The molecule has 2 fully saturated rings. The summed E-state index contributed by atoms with van der Waals surface area (Å²) in [6.45, 7) is 16.9. The molecule has 0 radical (unpaired) electrons. The topological polar surface area (TPSA) is 6.48 Å². The number of anilines is 2. The van der Waals surface area contributed by atoms with Crippen LogP contribution in [0.5, 0.6) is 0 Å². The molecular weight excluding hydrogens is 857 g/mol. The van der Waals surface area contributed by atoms with Crippen LogP contribution < -0.4 is 9.80 Å². The van der Waals surface area contributed by atoms with E-state index in [2.05, 4.69) is 216 Å². The summed E-state index contributed by atoms with van der Waals surface area (Å²) in [6, 6.07) is 64.5. The summed E-state index contributed by atoms with van der Waals surface area (Å²) < 4.78 is 0. The van der Waals surface area contributed by atoms with Crippen LogP contribution in [0.3, 0.4) is 0 Å². The van der Waals surface area contributed by atoms with E-state index in [-0.39, 0.29) is 58.2 Å². The van der Waals surface area contributed by atoms with E-state index >= 15 is 0 Å². The minimum atomic E-state index is -0.293. The van der Waals surface area contributed by atoms with Gasteiger partial charge in [-0.15, -0.1) is 0 Å². The van der Waals surface area contributed by atoms with Gasteiger partial charge in [-0.25, -0.2) is 0 Å². The number of rotatable bonds is 0. The van der Waals surface area contributed by atoms with Crippen LogP contribution in [-0.2, 0) is 16.4 Å². The lowest BCUT2D eigenvalue weighted by atomic mass is 9.62. The number of hydrogen-bond donors (Lipinski definition) is 0. The van der Waals surface area contributed by atoms with Crippen molar-refractivity contribution in [2.75, 3.05) is 9.80 Å². The lowest BCUT2D eigenvalue weighted by Crippen LogP contribution is -2.47. The van der Waals surface area contributed by atoms with Crippen LogP contribution in [0.2, 0.25) is 0 Å². The Balaban J connectivity index is 0.938. The first-order valence-corrected chi connectivity index (χ1v) is 26.5. The van der Waals surface area contributed by atoms with Gasteiger partial charge in [0, 0.05) is 45.9 Å². The molecule has 6 heterocycles. The molecule has 2 saturated heterocycles. The van der Waals surface area contributed by atoms with Gasteiger partial charge in [0.25, 0.3) is 0 Å². The molecule has 0 amide bonds. The molecule has 9 aromatic rings. The molecule has 6 aliphatic heterocycles. The molecule has 0 unspecified atom stereocenters. The van der Waals surface area contributed by atoms with Gasteiger partial charge in [0.2, 0.25) is 0 Å². The highest BCUT2D eigenvalue weighted by molar-refractivity contribution is 6.21. The molecule has 8 atom stereocenters. The first kappa shape index (κ1) is 38.6. The zero-order chi connectivity index (χ0) is 47.1. The molecule has 71 heavy (non-hydrogen) atoms. The van der Waals surface area contributed by atoms with Crippen molar-refractivity contribution in [2.24, 2.45) is 0 Å². The summed E-state index contributed by atoms with van der Waals surface area (Å²) in [5.41, 5.74) is 35.1. The molecule has 0 spiro atoms. The van der Waals surface area contributed by atoms with E-state index in [1.807, 2.05) is 0 Å². The second kappa shape index (κ2) is 11.9. The van der Waals surface area contributed by atoms with E-state index in [1.165, 1.54) is 100 Å². The van der Waals surface area contributed by atoms with Gasteiger partial charge in [0.1, 0.15) is 0 Å². The summed E-state index contributed by atoms with van der Waals surface area (Å²) in [6.07, 6.45) is 0. The number of fused-ring (bicyclic) bond motifs is 22. The summed E-state index contributed by atoms with van der Waals surface area (Å²) in [5, 5.41) is 2.90. The smallest absolute Gasteiger partial charge is 0.0714 e. The number of hydrogen-bond acceptors (Lipinski definition) is 2. The van der Waals surface area contributed by atoms with Crippen LogP contribution in [0.25, 0.3) is 77.5 Å². The zero-order valence-electron chi connectivity index (χ0n) is 41.4. The molecule has 2 heteroatoms. The predicted molar refractivity (Wildman–Crippen MR) is 292 cm³/mol. The van der Waals surface area contributed by atoms with Gasteiger partial charge in [0.05, 0.1) is 35.0 Å². The Morgan fingerprint density at radius 1 is 0.380 bits per heavy atom. The fourth-order valence-corrected chi connectivity index (χ4v) is 17.5. The highest BCUT2D eigenvalue weighted by atomic mass is 15.3. The largest absolute Gasteiger partial charge is 0.355 e. The average Bonchev–Trinajstić information content (AvgIpc) is 4.04. The number of benzene rings is 9. The van der Waals surface area contributed by atoms with Gasteiger partial charge >= 0.3 is 0 Å². The second-order valence-corrected chi connectivity index (χ2v) is 25.1. The van der Waals surface area contributed by atoms with E-state index in [9.17, 15) is 0 Å². The summed E-state index contributed by atoms with van der Waals surface area (Å²) in [4.78, 5) is 5.94. The van der Waals surface area contributed by atoms with E-state index in [4.69, 9.17) is 0 Å². The van der Waals surface area contributed by atoms with Gasteiger partial charge < -0.3 is 9.80 Å². The Hall–Kier alpha value is -7.16. The Morgan fingerprint density at radius 3 is 1.37 bits per heavy atom. The Morgan fingerprint density at radius 2 is 0.803 bits per heavy atom. The zero-order valence-corrected chi connectivity index (χ0v) is 41.4. The van der Waals surface area contributed by atoms with Crippen LogP contribution in [0.15, 0.2) is 158 Å². The molecule has 340 valence electrons. The molecule has 0 saturated carbocycles. The fourth-order valence-electron chi connectivity index (χ4n) is 17.5. The van der Waals surface area contributed by atoms with E-state index in [0.717, 1.165) is 0 Å². The Labute approximate surface area is 416 Å². The minimum absolute atomic E-state index is 0.00920. The summed E-state index contributed by atoms with van der Waals surface area (Å²) in [7, 11) is 0. The Bertz CT molecular complexity index is 4020. The SMILES string of the molecule is CC(C)(C)c1cc2c3c(c1)-c1ccccc1[C@H]1[C@@H]4c5ccc6c7c5-c5c(ccc8ccc(c-7c58)[C@@H]5[C@H]6[C@H]6c7ccccc7-c7cc(C(C)(C)C)cc8c7N6[C@@]5(C)c5ccccc5-8)[C@@H]4[C@@H](c4ccccc4-2)N31. The molecule has 2 nitrogen and oxygen atoms in total. The predicted octanol–water partition coefficient (Wildman–Crippen LogP) is 17.5. The molecule has 18 rings (SSSR count). The van der Waals surface area contributed by atoms with Crippen molar-refractivity contribution in [1.29, 1.82) is 0 Å². The van der Waals surface area contributed by atoms with E-state index < -0.39 is 0 Å². The van der Waals surface area contributed by atoms with Gasteiger partial charge in [0.15, 0.2) is 0 Å². The van der Waals surface area contributed by atoms with Crippen LogP contribution in [-0.4, -0.2) is 0 Å². The highest BCUT2D eigenvalue weighted by Gasteiger charge is 2.66. The molecule has 0 aromatic heterocycles. The third-order valence-corrected chi connectivity index (χ3v) is 20.1. The van der Waals surface area contributed by atoms with Crippen molar-refractivity contribution in [3.63, 3.8) is 0 Å². The summed E-state index contributed by atoms with van der Waals surface area (Å²) >= 11 is 0. The molecule has 0 N–H and O–H groups in total. The maximum absolute atomic E-state index is 2.98. The van der Waals surface area contributed by atoms with Crippen molar-refractivity contribution in [3.8, 4) is 66.8 Å². The van der Waals surface area contributed by atoms with Crippen molar-refractivity contribution in [3.05, 3.63) is 213 Å². The standard InChI is InChI=1S/C69H54N2/c1-67(2,3)35-30-48-37-16-8-11-20-41(37)64-58-44-26-24-34-25-27-47-57-53(34)54(44)55-45(59(58)65-42-21-12-9-17-38(42)49(31-35)62(48)70(64)65)28-29-46(56(55)57)60-61(47)69(7)52-23-15-14-19-40(52)51-33-36(68(4,5)6)32-50-39-18-10-13-22-43(39)66(60)71(69)63(50)51/h8-33,58-61,64-66H,1-7H3/t58-,59+,60-,61+,64+,65-,66+,69-/m0/s1. The summed E-state index contributed by atoms with van der Waals surface area (Å²) in [5.74, 6) is 1.05. The van der Waals surface area contributed by atoms with Crippen molar-refractivity contribution in [2.45, 2.75) is 107 Å². The molecule has 9 aromatic carbocycles. The average molecular weight is 911 g/mol. The normalized spacial score (nSPS) is 25.5. The van der Waals surface area contributed by atoms with Crippen molar-refractivity contribution < 1.29 is 0 Å². The Kier molecular flexibility index (Phi) is 6.49. The van der Waals surface area contributed by atoms with E-state index in [0.29, 0.717) is 0 Å². The minimum Gasteiger partial charge on any atom is -0.355 e. The highest BCUT2D eigenvalue weighted by Crippen LogP contribution is 2.79. The first-order chi connectivity index (χ1) is 34.4. The lowest BCUT2D eigenvalue weighted by molar-refractivity contribution is 0.412. The monoisotopic (exact) mass is 910 g/mol. The van der Waals surface area contributed by atoms with Gasteiger partial charge in [-0.1, -0.05) is 175 Å². The third kappa shape index (κ3) is 4.11. The van der Waals surface area contributed by atoms with E-state index in [1.54, 1.807) is 44.5 Å². The fraction of sp³-hybridized carbons (Fsp3) is 0.246. The molecule has 3 aliphatic carbocycles. The van der Waals surface area contributed by atoms with Crippen LogP contribution >= 0.6 is 0 Å². The van der Waals surface area contributed by atoms with Gasteiger partial charge in [-0.3, -0.25) is 0 Å². The number of nitrogens with zero attached hydrogens (tertiary/aromatic N) is 2. The van der Waals surface area contributed by atoms with Crippen LogP contribution in [0.4, 0.5) is 11.4 Å². The molecule has 9 aliphatic rings. The van der Waals surface area contributed by atoms with Crippen LogP contribution in [0.1, 0.15) is 146 Å². The van der Waals surface area contributed by atoms with Gasteiger partial charge in [-0.2, -0.15) is 0 Å². The third-order valence-electron chi connectivity index (χ3n) is 20.1. The van der Waals surface area contributed by atoms with Gasteiger partial charge in [-0.05, 0) is 153 Å².